The molecule has 128 valence electrons. The van der Waals surface area contributed by atoms with Crippen molar-refractivity contribution in [3.63, 3.8) is 0 Å². The Balaban J connectivity index is 1.77. The topological polar surface area (TPSA) is 99.5 Å². The summed E-state index contributed by atoms with van der Waals surface area (Å²) in [5.41, 5.74) is 1.60. The monoisotopic (exact) mass is 331 g/mol. The van der Waals surface area contributed by atoms with Crippen LogP contribution in [0.3, 0.4) is 0 Å². The number of aromatic amines is 1. The second-order valence-corrected chi connectivity index (χ2v) is 6.23. The van der Waals surface area contributed by atoms with Gasteiger partial charge in [-0.3, -0.25) is 14.9 Å². The minimum atomic E-state index is -0.427. The van der Waals surface area contributed by atoms with E-state index in [-0.39, 0.29) is 30.7 Å². The number of hydrogen-bond donors (Lipinski definition) is 2. The molecule has 1 atom stereocenters. The minimum absolute atomic E-state index is 0.0257. The number of amides is 1. The number of H-pyrrole nitrogens is 1. The van der Waals surface area contributed by atoms with Crippen molar-refractivity contribution < 1.29 is 14.8 Å². The van der Waals surface area contributed by atoms with Gasteiger partial charge in [-0.1, -0.05) is 0 Å². The van der Waals surface area contributed by atoms with E-state index in [4.69, 9.17) is 5.11 Å². The van der Waals surface area contributed by atoms with Gasteiger partial charge in [0.15, 0.2) is 0 Å². The number of benzene rings is 1. The van der Waals surface area contributed by atoms with Crippen molar-refractivity contribution in [3.05, 3.63) is 40.1 Å². The Morgan fingerprint density at radius 2 is 2.29 bits per heavy atom. The van der Waals surface area contributed by atoms with Gasteiger partial charge >= 0.3 is 0 Å². The van der Waals surface area contributed by atoms with Gasteiger partial charge in [0.05, 0.1) is 11.3 Å². The number of fused-ring (bicyclic) bond motifs is 1. The minimum Gasteiger partial charge on any atom is -0.396 e. The Bertz CT molecular complexity index is 755. The zero-order valence-corrected chi connectivity index (χ0v) is 13.4. The molecule has 2 aromatic rings. The van der Waals surface area contributed by atoms with E-state index in [0.717, 1.165) is 42.3 Å². The van der Waals surface area contributed by atoms with Crippen LogP contribution in [0.4, 0.5) is 5.69 Å². The number of nitro groups is 1. The second-order valence-electron chi connectivity index (χ2n) is 6.23. The summed E-state index contributed by atoms with van der Waals surface area (Å²) in [5, 5.41) is 20.7. The summed E-state index contributed by atoms with van der Waals surface area (Å²) >= 11 is 0. The maximum absolute atomic E-state index is 12.7. The summed E-state index contributed by atoms with van der Waals surface area (Å²) < 4.78 is 0. The third-order valence-corrected chi connectivity index (χ3v) is 4.70. The SMILES string of the molecule is O=C(Cc1c[nH]c2ccc([N+](=O)[O-])cc12)N1CCCC1CCCO. The largest absolute Gasteiger partial charge is 0.396 e. The van der Waals surface area contributed by atoms with Crippen LogP contribution in [0, 0.1) is 10.1 Å². The smallest absolute Gasteiger partial charge is 0.270 e. The molecular weight excluding hydrogens is 310 g/mol. The molecule has 7 heteroatoms. The van der Waals surface area contributed by atoms with Crippen LogP contribution in [-0.4, -0.2) is 45.0 Å². The molecule has 0 radical (unpaired) electrons. The molecule has 1 unspecified atom stereocenters. The molecule has 1 amide bonds. The van der Waals surface area contributed by atoms with Crippen LogP contribution in [0.5, 0.6) is 0 Å². The summed E-state index contributed by atoms with van der Waals surface area (Å²) in [7, 11) is 0. The van der Waals surface area contributed by atoms with Crippen molar-refractivity contribution in [2.75, 3.05) is 13.2 Å². The maximum Gasteiger partial charge on any atom is 0.270 e. The molecule has 1 saturated heterocycles. The average Bonchev–Trinajstić information content (AvgIpc) is 3.19. The summed E-state index contributed by atoms with van der Waals surface area (Å²) in [6.45, 7) is 0.891. The Morgan fingerprint density at radius 3 is 3.04 bits per heavy atom. The molecule has 2 N–H and O–H groups in total. The first-order valence-corrected chi connectivity index (χ1v) is 8.25. The van der Waals surface area contributed by atoms with Gasteiger partial charge in [-0.15, -0.1) is 0 Å². The van der Waals surface area contributed by atoms with Crippen molar-refractivity contribution in [1.82, 2.24) is 9.88 Å². The van der Waals surface area contributed by atoms with Crippen LogP contribution < -0.4 is 0 Å². The van der Waals surface area contributed by atoms with Gasteiger partial charge in [0.1, 0.15) is 0 Å². The van der Waals surface area contributed by atoms with Gasteiger partial charge in [-0.2, -0.15) is 0 Å². The molecule has 24 heavy (non-hydrogen) atoms. The molecule has 7 nitrogen and oxygen atoms in total. The Hall–Kier alpha value is -2.41. The fourth-order valence-electron chi connectivity index (χ4n) is 3.48. The number of aliphatic hydroxyl groups excluding tert-OH is 1. The van der Waals surface area contributed by atoms with Crippen LogP contribution in [0.15, 0.2) is 24.4 Å². The van der Waals surface area contributed by atoms with E-state index in [2.05, 4.69) is 4.98 Å². The van der Waals surface area contributed by atoms with Gasteiger partial charge in [-0.05, 0) is 37.3 Å². The second kappa shape index (κ2) is 7.00. The third-order valence-electron chi connectivity index (χ3n) is 4.70. The highest BCUT2D eigenvalue weighted by molar-refractivity contribution is 5.90. The molecule has 2 heterocycles. The molecule has 1 aromatic carbocycles. The molecule has 0 aliphatic carbocycles. The summed E-state index contributed by atoms with van der Waals surface area (Å²) in [6, 6.07) is 4.84. The molecule has 1 aromatic heterocycles. The number of aromatic nitrogens is 1. The number of carbonyl (C=O) groups excluding carboxylic acids is 1. The van der Waals surface area contributed by atoms with Gasteiger partial charge in [0.25, 0.3) is 5.69 Å². The van der Waals surface area contributed by atoms with Crippen molar-refractivity contribution in [2.24, 2.45) is 0 Å². The van der Waals surface area contributed by atoms with E-state index in [9.17, 15) is 14.9 Å². The van der Waals surface area contributed by atoms with Gasteiger partial charge in [-0.25, -0.2) is 0 Å². The van der Waals surface area contributed by atoms with Crippen LogP contribution in [0.1, 0.15) is 31.2 Å². The summed E-state index contributed by atoms with van der Waals surface area (Å²) in [4.78, 5) is 28.2. The van der Waals surface area contributed by atoms with E-state index >= 15 is 0 Å². The lowest BCUT2D eigenvalue weighted by Crippen LogP contribution is -2.36. The number of likely N-dealkylation sites (tertiary alicyclic amines) is 1. The first-order valence-electron chi connectivity index (χ1n) is 8.25. The number of non-ortho nitro benzene ring substituents is 1. The Labute approximate surface area is 139 Å². The highest BCUT2D eigenvalue weighted by atomic mass is 16.6. The number of carbonyl (C=O) groups is 1. The van der Waals surface area contributed by atoms with E-state index < -0.39 is 4.92 Å². The molecule has 1 aliphatic rings. The lowest BCUT2D eigenvalue weighted by Gasteiger charge is -2.24. The van der Waals surface area contributed by atoms with Crippen molar-refractivity contribution in [2.45, 2.75) is 38.1 Å². The maximum atomic E-state index is 12.7. The Kier molecular flexibility index (Phi) is 4.80. The van der Waals surface area contributed by atoms with Gasteiger partial charge in [0, 0.05) is 48.4 Å². The van der Waals surface area contributed by atoms with Crippen molar-refractivity contribution in [3.8, 4) is 0 Å². The lowest BCUT2D eigenvalue weighted by molar-refractivity contribution is -0.384. The standard InChI is InChI=1S/C17H21N3O4/c21-8-2-4-13-3-1-7-19(13)17(22)9-12-11-18-16-6-5-14(20(23)24)10-15(12)16/h5-6,10-11,13,18,21H,1-4,7-9H2. The zero-order chi connectivity index (χ0) is 17.1. The molecular formula is C17H21N3O4. The average molecular weight is 331 g/mol. The summed E-state index contributed by atoms with van der Waals surface area (Å²) in [6.07, 6.45) is 5.48. The Morgan fingerprint density at radius 1 is 1.46 bits per heavy atom. The van der Waals surface area contributed by atoms with Crippen LogP contribution in [0.25, 0.3) is 10.9 Å². The first kappa shape index (κ1) is 16.4. The number of hydrogen-bond acceptors (Lipinski definition) is 4. The number of rotatable bonds is 6. The van der Waals surface area contributed by atoms with Crippen LogP contribution in [-0.2, 0) is 11.2 Å². The van der Waals surface area contributed by atoms with E-state index in [1.165, 1.54) is 12.1 Å². The van der Waals surface area contributed by atoms with Crippen molar-refractivity contribution in [1.29, 1.82) is 0 Å². The molecule has 0 saturated carbocycles. The normalized spacial score (nSPS) is 17.5. The predicted octanol–water partition coefficient (Wildman–Crippen LogP) is 2.38. The molecule has 0 bridgehead atoms. The number of nitrogens with zero attached hydrogens (tertiary/aromatic N) is 2. The summed E-state index contributed by atoms with van der Waals surface area (Å²) in [5.74, 6) is 0.0443. The molecule has 1 aliphatic heterocycles. The lowest BCUT2D eigenvalue weighted by atomic mass is 10.1. The van der Waals surface area contributed by atoms with Gasteiger partial charge in [0.2, 0.25) is 5.91 Å². The van der Waals surface area contributed by atoms with E-state index in [1.807, 2.05) is 4.90 Å². The van der Waals surface area contributed by atoms with Crippen molar-refractivity contribution >= 4 is 22.5 Å². The number of aliphatic hydroxyl groups is 1. The molecule has 1 fully saturated rings. The highest BCUT2D eigenvalue weighted by Gasteiger charge is 2.28. The fraction of sp³-hybridized carbons (Fsp3) is 0.471. The number of nitrogens with one attached hydrogen (secondary N) is 1. The fourth-order valence-corrected chi connectivity index (χ4v) is 3.48. The zero-order valence-electron chi connectivity index (χ0n) is 13.4. The quantitative estimate of drug-likeness (QED) is 0.627. The molecule has 3 rings (SSSR count). The van der Waals surface area contributed by atoms with E-state index in [0.29, 0.717) is 6.42 Å². The van der Waals surface area contributed by atoms with Gasteiger partial charge < -0.3 is 15.0 Å². The van der Waals surface area contributed by atoms with Crippen LogP contribution in [0.2, 0.25) is 0 Å². The molecule has 0 spiro atoms. The first-order chi connectivity index (χ1) is 11.6. The highest BCUT2D eigenvalue weighted by Crippen LogP contribution is 2.26. The number of nitro benzene ring substituents is 1. The third kappa shape index (κ3) is 3.26. The van der Waals surface area contributed by atoms with E-state index in [1.54, 1.807) is 12.3 Å². The predicted molar refractivity (Wildman–Crippen MR) is 89.7 cm³/mol. The van der Waals surface area contributed by atoms with Crippen LogP contribution >= 0.6 is 0 Å².